The molecule has 1 atom stereocenters. The highest BCUT2D eigenvalue weighted by Gasteiger charge is 2.12. The lowest BCUT2D eigenvalue weighted by Gasteiger charge is -2.23. The molecule has 1 unspecified atom stereocenters. The number of hydrogen-bond donors (Lipinski definition) is 1. The van der Waals surface area contributed by atoms with Gasteiger partial charge in [0.1, 0.15) is 6.61 Å². The van der Waals surface area contributed by atoms with Crippen LogP contribution in [0.2, 0.25) is 0 Å². The van der Waals surface area contributed by atoms with Gasteiger partial charge < -0.3 is 10.1 Å². The average molecular weight is 259 g/mol. The second kappa shape index (κ2) is 7.67. The van der Waals surface area contributed by atoms with Gasteiger partial charge in [-0.25, -0.2) is 0 Å². The number of ether oxygens (including phenoxy) is 1. The van der Waals surface area contributed by atoms with Crippen molar-refractivity contribution in [2.75, 3.05) is 0 Å². The fourth-order valence-electron chi connectivity index (χ4n) is 1.84. The van der Waals surface area contributed by atoms with Crippen molar-refractivity contribution in [1.82, 2.24) is 5.32 Å². The van der Waals surface area contributed by atoms with E-state index in [1.54, 1.807) is 0 Å². The molecule has 1 N–H and O–H groups in total. The maximum absolute atomic E-state index is 5.64. The van der Waals surface area contributed by atoms with Crippen molar-refractivity contribution in [3.63, 3.8) is 0 Å². The third-order valence-electron chi connectivity index (χ3n) is 2.89. The third kappa shape index (κ3) is 6.14. The van der Waals surface area contributed by atoms with Crippen LogP contribution < -0.4 is 5.32 Å². The minimum Gasteiger partial charge on any atom is -0.475 e. The van der Waals surface area contributed by atoms with Crippen molar-refractivity contribution in [3.05, 3.63) is 60.5 Å². The lowest BCUT2D eigenvalue weighted by molar-refractivity contribution is 0.172. The van der Waals surface area contributed by atoms with Gasteiger partial charge in [0.25, 0.3) is 0 Å². The summed E-state index contributed by atoms with van der Waals surface area (Å²) < 4.78 is 5.64. The molecule has 0 amide bonds. The van der Waals surface area contributed by atoms with Gasteiger partial charge in [0.05, 0.1) is 0 Å². The van der Waals surface area contributed by atoms with E-state index in [0.717, 1.165) is 17.6 Å². The summed E-state index contributed by atoms with van der Waals surface area (Å²) in [6, 6.07) is 10.3. The number of nitrogens with one attached hydrogen (secondary N) is 1. The quantitative estimate of drug-likeness (QED) is 0.556. The molecule has 0 aromatic heterocycles. The second-order valence-electron chi connectivity index (χ2n) is 5.37. The van der Waals surface area contributed by atoms with Gasteiger partial charge in [0.15, 0.2) is 5.88 Å². The Hall–Kier alpha value is -1.70. The predicted octanol–water partition coefficient (Wildman–Crippen LogP) is 4.25. The summed E-state index contributed by atoms with van der Waals surface area (Å²) in [6.45, 7) is 14.9. The minimum absolute atomic E-state index is 0.225. The SMILES string of the molecule is C=C(NC(CC(C)C)C(=C)C)OCc1ccccc1. The summed E-state index contributed by atoms with van der Waals surface area (Å²) in [5.41, 5.74) is 2.25. The monoisotopic (exact) mass is 259 g/mol. The molecular formula is C17H25NO. The molecule has 0 saturated carbocycles. The molecule has 2 nitrogen and oxygen atoms in total. The van der Waals surface area contributed by atoms with Crippen molar-refractivity contribution in [2.45, 2.75) is 39.8 Å². The van der Waals surface area contributed by atoms with Gasteiger partial charge in [-0.05, 0) is 31.4 Å². The Morgan fingerprint density at radius 2 is 1.84 bits per heavy atom. The van der Waals surface area contributed by atoms with Crippen LogP contribution in [0.15, 0.2) is 54.9 Å². The highest BCUT2D eigenvalue weighted by Crippen LogP contribution is 2.13. The predicted molar refractivity (Wildman–Crippen MR) is 81.6 cm³/mol. The zero-order chi connectivity index (χ0) is 14.3. The highest BCUT2D eigenvalue weighted by molar-refractivity contribution is 5.14. The van der Waals surface area contributed by atoms with Crippen LogP contribution in [0.1, 0.15) is 32.8 Å². The molecule has 1 rings (SSSR count). The highest BCUT2D eigenvalue weighted by atomic mass is 16.5. The van der Waals surface area contributed by atoms with Crippen molar-refractivity contribution >= 4 is 0 Å². The smallest absolute Gasteiger partial charge is 0.180 e. The van der Waals surface area contributed by atoms with Gasteiger partial charge in [-0.15, -0.1) is 0 Å². The van der Waals surface area contributed by atoms with E-state index in [4.69, 9.17) is 4.74 Å². The molecule has 1 aromatic carbocycles. The zero-order valence-electron chi connectivity index (χ0n) is 12.3. The van der Waals surface area contributed by atoms with Crippen LogP contribution in [0, 0.1) is 5.92 Å². The Labute approximate surface area is 117 Å². The van der Waals surface area contributed by atoms with E-state index in [-0.39, 0.29) is 6.04 Å². The largest absolute Gasteiger partial charge is 0.475 e. The Morgan fingerprint density at radius 1 is 1.21 bits per heavy atom. The van der Waals surface area contributed by atoms with Crippen molar-refractivity contribution in [3.8, 4) is 0 Å². The van der Waals surface area contributed by atoms with Crippen molar-refractivity contribution in [2.24, 2.45) is 5.92 Å². The fourth-order valence-corrected chi connectivity index (χ4v) is 1.84. The van der Waals surface area contributed by atoms with Crippen LogP contribution >= 0.6 is 0 Å². The van der Waals surface area contributed by atoms with Crippen LogP contribution in [-0.2, 0) is 11.3 Å². The summed E-state index contributed by atoms with van der Waals surface area (Å²) in [5, 5.41) is 3.30. The molecule has 0 spiro atoms. The van der Waals surface area contributed by atoms with E-state index in [2.05, 4.69) is 32.3 Å². The molecule has 1 aromatic rings. The Kier molecular flexibility index (Phi) is 6.20. The topological polar surface area (TPSA) is 21.3 Å². The normalized spacial score (nSPS) is 12.0. The molecule has 0 saturated heterocycles. The number of rotatable bonds is 8. The first-order chi connectivity index (χ1) is 8.99. The molecule has 0 aliphatic heterocycles. The van der Waals surface area contributed by atoms with Crippen LogP contribution in [0.4, 0.5) is 0 Å². The maximum atomic E-state index is 5.64. The summed E-state index contributed by atoms with van der Waals surface area (Å²) in [5.74, 6) is 1.22. The molecule has 0 heterocycles. The lowest BCUT2D eigenvalue weighted by Crippen LogP contribution is -2.31. The molecule has 2 heteroatoms. The molecular weight excluding hydrogens is 234 g/mol. The minimum atomic E-state index is 0.225. The van der Waals surface area contributed by atoms with Crippen LogP contribution in [0.3, 0.4) is 0 Å². The lowest BCUT2D eigenvalue weighted by atomic mass is 9.99. The number of benzene rings is 1. The van der Waals surface area contributed by atoms with Gasteiger partial charge in [0.2, 0.25) is 0 Å². The van der Waals surface area contributed by atoms with Crippen LogP contribution in [0.5, 0.6) is 0 Å². The van der Waals surface area contributed by atoms with Gasteiger partial charge in [0, 0.05) is 6.04 Å². The Morgan fingerprint density at radius 3 is 2.37 bits per heavy atom. The van der Waals surface area contributed by atoms with Crippen molar-refractivity contribution < 1.29 is 4.74 Å². The van der Waals surface area contributed by atoms with E-state index in [9.17, 15) is 0 Å². The molecule has 104 valence electrons. The Bertz CT molecular complexity index is 409. The first-order valence-electron chi connectivity index (χ1n) is 6.76. The summed E-state index contributed by atoms with van der Waals surface area (Å²) in [7, 11) is 0. The molecule has 0 bridgehead atoms. The van der Waals surface area contributed by atoms with E-state index < -0.39 is 0 Å². The standard InChI is InChI=1S/C17H25NO/c1-13(2)11-17(14(3)4)18-15(5)19-12-16-9-7-6-8-10-16/h6-10,13,17-18H,3,5,11-12H2,1-2,4H3. The maximum Gasteiger partial charge on any atom is 0.180 e. The average Bonchev–Trinajstić information content (AvgIpc) is 2.36. The van der Waals surface area contributed by atoms with Crippen LogP contribution in [-0.4, -0.2) is 6.04 Å². The molecule has 0 aliphatic rings. The van der Waals surface area contributed by atoms with E-state index in [1.807, 2.05) is 37.3 Å². The number of hydrogen-bond acceptors (Lipinski definition) is 2. The molecule has 19 heavy (non-hydrogen) atoms. The summed E-state index contributed by atoms with van der Waals surface area (Å²) in [6.07, 6.45) is 1.03. The summed E-state index contributed by atoms with van der Waals surface area (Å²) >= 11 is 0. The van der Waals surface area contributed by atoms with Gasteiger partial charge >= 0.3 is 0 Å². The van der Waals surface area contributed by atoms with E-state index in [0.29, 0.717) is 18.4 Å². The van der Waals surface area contributed by atoms with Crippen molar-refractivity contribution in [1.29, 1.82) is 0 Å². The first kappa shape index (κ1) is 15.4. The molecule has 0 fully saturated rings. The second-order valence-corrected chi connectivity index (χ2v) is 5.37. The first-order valence-corrected chi connectivity index (χ1v) is 6.76. The van der Waals surface area contributed by atoms with E-state index in [1.165, 1.54) is 0 Å². The Balaban J connectivity index is 2.42. The zero-order valence-corrected chi connectivity index (χ0v) is 12.3. The fraction of sp³-hybridized carbons (Fsp3) is 0.412. The van der Waals surface area contributed by atoms with Gasteiger partial charge in [-0.2, -0.15) is 0 Å². The molecule has 0 aliphatic carbocycles. The van der Waals surface area contributed by atoms with Crippen LogP contribution in [0.25, 0.3) is 0 Å². The third-order valence-corrected chi connectivity index (χ3v) is 2.89. The van der Waals surface area contributed by atoms with Gasteiger partial charge in [-0.3, -0.25) is 0 Å². The van der Waals surface area contributed by atoms with Gasteiger partial charge in [-0.1, -0.05) is 56.3 Å². The van der Waals surface area contributed by atoms with E-state index >= 15 is 0 Å². The molecule has 0 radical (unpaired) electrons. The summed E-state index contributed by atoms with van der Waals surface area (Å²) in [4.78, 5) is 0.